The van der Waals surface area contributed by atoms with Crippen LogP contribution in [0.3, 0.4) is 0 Å². The first-order valence-corrected chi connectivity index (χ1v) is 6.38. The zero-order valence-electron chi connectivity index (χ0n) is 10.3. The summed E-state index contributed by atoms with van der Waals surface area (Å²) in [6, 6.07) is 9.67. The highest BCUT2D eigenvalue weighted by molar-refractivity contribution is 7.13. The first-order valence-electron chi connectivity index (χ1n) is 5.57. The van der Waals surface area contributed by atoms with Crippen molar-refractivity contribution in [3.63, 3.8) is 0 Å². The molecule has 0 saturated heterocycles. The number of amides is 1. The van der Waals surface area contributed by atoms with Gasteiger partial charge in [-0.3, -0.25) is 9.63 Å². The summed E-state index contributed by atoms with van der Waals surface area (Å²) < 4.78 is 0. The van der Waals surface area contributed by atoms with E-state index in [0.29, 0.717) is 11.5 Å². The average molecular weight is 262 g/mol. The Morgan fingerprint density at radius 2 is 2.06 bits per heavy atom. The molecule has 0 unspecified atom stereocenters. The molecule has 0 atom stereocenters. The molecule has 0 saturated carbocycles. The van der Waals surface area contributed by atoms with E-state index in [1.165, 1.54) is 11.3 Å². The van der Waals surface area contributed by atoms with Gasteiger partial charge in [-0.2, -0.15) is 0 Å². The van der Waals surface area contributed by atoms with Crippen LogP contribution in [0.15, 0.2) is 30.3 Å². The van der Waals surface area contributed by atoms with Gasteiger partial charge in [0.2, 0.25) is 0 Å². The Balaban J connectivity index is 1.87. The Bertz CT molecular complexity index is 537. The summed E-state index contributed by atoms with van der Waals surface area (Å²) in [6.07, 6.45) is 0. The molecule has 94 valence electrons. The van der Waals surface area contributed by atoms with Crippen LogP contribution in [0.25, 0.3) is 0 Å². The number of carbonyl (C=O) groups excluding carboxylic acids is 1. The van der Waals surface area contributed by atoms with Gasteiger partial charge >= 0.3 is 0 Å². The number of hydrogen-bond acceptors (Lipinski definition) is 4. The van der Waals surface area contributed by atoms with E-state index in [-0.39, 0.29) is 5.91 Å². The first kappa shape index (κ1) is 12.7. The molecule has 0 spiro atoms. The van der Waals surface area contributed by atoms with E-state index in [1.54, 1.807) is 0 Å². The minimum atomic E-state index is -0.242. The Labute approximate surface area is 110 Å². The van der Waals surface area contributed by atoms with Gasteiger partial charge < -0.3 is 0 Å². The van der Waals surface area contributed by atoms with Gasteiger partial charge in [0.25, 0.3) is 5.91 Å². The van der Waals surface area contributed by atoms with E-state index in [4.69, 9.17) is 4.84 Å². The van der Waals surface area contributed by atoms with Crippen molar-refractivity contribution in [2.75, 3.05) is 0 Å². The molecule has 18 heavy (non-hydrogen) atoms. The van der Waals surface area contributed by atoms with E-state index in [2.05, 4.69) is 10.5 Å². The molecule has 1 heterocycles. The summed E-state index contributed by atoms with van der Waals surface area (Å²) in [6.45, 7) is 4.04. The molecule has 1 aromatic heterocycles. The predicted molar refractivity (Wildman–Crippen MR) is 70.3 cm³/mol. The quantitative estimate of drug-likeness (QED) is 0.862. The second-order valence-electron chi connectivity index (χ2n) is 3.85. The van der Waals surface area contributed by atoms with Crippen molar-refractivity contribution in [2.24, 2.45) is 0 Å². The van der Waals surface area contributed by atoms with Gasteiger partial charge in [0.15, 0.2) is 0 Å². The van der Waals surface area contributed by atoms with E-state index in [1.807, 2.05) is 44.2 Å². The number of rotatable bonds is 4. The SMILES string of the molecule is Cc1nc(C)c(C(=O)NOCc2ccccc2)s1. The highest BCUT2D eigenvalue weighted by Crippen LogP contribution is 2.16. The lowest BCUT2D eigenvalue weighted by Crippen LogP contribution is -2.23. The van der Waals surface area contributed by atoms with Gasteiger partial charge in [0, 0.05) is 0 Å². The van der Waals surface area contributed by atoms with Gasteiger partial charge in [-0.25, -0.2) is 10.5 Å². The minimum Gasteiger partial charge on any atom is -0.269 e. The molecule has 2 rings (SSSR count). The smallest absolute Gasteiger partial charge is 0.269 e. The number of nitrogens with zero attached hydrogens (tertiary/aromatic N) is 1. The Hall–Kier alpha value is -1.72. The fourth-order valence-electron chi connectivity index (χ4n) is 1.55. The van der Waals surface area contributed by atoms with E-state index in [9.17, 15) is 4.79 Å². The van der Waals surface area contributed by atoms with Gasteiger partial charge in [0.05, 0.1) is 17.3 Å². The maximum absolute atomic E-state index is 11.8. The fourth-order valence-corrected chi connectivity index (χ4v) is 2.35. The number of carbonyl (C=O) groups is 1. The minimum absolute atomic E-state index is 0.242. The summed E-state index contributed by atoms with van der Waals surface area (Å²) in [5.41, 5.74) is 4.18. The number of hydroxylamine groups is 1. The summed E-state index contributed by atoms with van der Waals surface area (Å²) in [7, 11) is 0. The van der Waals surface area contributed by atoms with Crippen LogP contribution in [0.2, 0.25) is 0 Å². The molecule has 5 heteroatoms. The molecular weight excluding hydrogens is 248 g/mol. The third kappa shape index (κ3) is 3.15. The Morgan fingerprint density at radius 1 is 1.33 bits per heavy atom. The molecule has 0 aliphatic rings. The lowest BCUT2D eigenvalue weighted by Gasteiger charge is -2.04. The van der Waals surface area contributed by atoms with E-state index in [0.717, 1.165) is 16.3 Å². The molecule has 2 aromatic rings. The van der Waals surface area contributed by atoms with Crippen molar-refractivity contribution in [3.8, 4) is 0 Å². The third-order valence-corrected chi connectivity index (χ3v) is 3.43. The molecule has 0 radical (unpaired) electrons. The van der Waals surface area contributed by atoms with Crippen LogP contribution in [-0.2, 0) is 11.4 Å². The van der Waals surface area contributed by atoms with Crippen molar-refractivity contribution in [3.05, 3.63) is 51.5 Å². The molecule has 4 nitrogen and oxygen atoms in total. The van der Waals surface area contributed by atoms with Crippen LogP contribution >= 0.6 is 11.3 Å². The van der Waals surface area contributed by atoms with Gasteiger partial charge in [0.1, 0.15) is 4.88 Å². The lowest BCUT2D eigenvalue weighted by molar-refractivity contribution is 0.0236. The third-order valence-electron chi connectivity index (χ3n) is 2.36. The lowest BCUT2D eigenvalue weighted by atomic mass is 10.2. The maximum atomic E-state index is 11.8. The molecule has 0 aliphatic heterocycles. The molecule has 1 amide bonds. The van der Waals surface area contributed by atoms with Crippen LogP contribution in [0, 0.1) is 13.8 Å². The zero-order chi connectivity index (χ0) is 13.0. The number of hydrogen-bond donors (Lipinski definition) is 1. The van der Waals surface area contributed by atoms with Crippen LogP contribution in [-0.4, -0.2) is 10.9 Å². The number of aryl methyl sites for hydroxylation is 2. The number of thiazole rings is 1. The second kappa shape index (κ2) is 5.75. The average Bonchev–Trinajstić information content (AvgIpc) is 2.70. The van der Waals surface area contributed by atoms with Gasteiger partial charge in [-0.1, -0.05) is 30.3 Å². The van der Waals surface area contributed by atoms with Crippen molar-refractivity contribution in [1.82, 2.24) is 10.5 Å². The molecule has 0 fully saturated rings. The topological polar surface area (TPSA) is 51.2 Å². The molecular formula is C13H14N2O2S. The maximum Gasteiger partial charge on any atom is 0.286 e. The summed E-state index contributed by atoms with van der Waals surface area (Å²) in [5.74, 6) is -0.242. The number of benzene rings is 1. The number of aromatic nitrogens is 1. The summed E-state index contributed by atoms with van der Waals surface area (Å²) in [4.78, 5) is 21.8. The van der Waals surface area contributed by atoms with Gasteiger partial charge in [-0.15, -0.1) is 11.3 Å². The largest absolute Gasteiger partial charge is 0.286 e. The first-order chi connectivity index (χ1) is 8.66. The second-order valence-corrected chi connectivity index (χ2v) is 5.06. The molecule has 1 aromatic carbocycles. The van der Waals surface area contributed by atoms with E-state index >= 15 is 0 Å². The normalized spacial score (nSPS) is 10.3. The van der Waals surface area contributed by atoms with Crippen molar-refractivity contribution >= 4 is 17.2 Å². The number of nitrogens with one attached hydrogen (secondary N) is 1. The van der Waals surface area contributed by atoms with Crippen LogP contribution in [0.4, 0.5) is 0 Å². The van der Waals surface area contributed by atoms with Crippen LogP contribution in [0.5, 0.6) is 0 Å². The predicted octanol–water partition coefficient (Wildman–Crippen LogP) is 2.62. The van der Waals surface area contributed by atoms with Crippen molar-refractivity contribution < 1.29 is 9.63 Å². The Kier molecular flexibility index (Phi) is 4.07. The van der Waals surface area contributed by atoms with Gasteiger partial charge in [-0.05, 0) is 19.4 Å². The monoisotopic (exact) mass is 262 g/mol. The van der Waals surface area contributed by atoms with Crippen molar-refractivity contribution in [2.45, 2.75) is 20.5 Å². The zero-order valence-corrected chi connectivity index (χ0v) is 11.1. The summed E-state index contributed by atoms with van der Waals surface area (Å²) >= 11 is 1.37. The van der Waals surface area contributed by atoms with Crippen LogP contribution in [0.1, 0.15) is 25.9 Å². The molecule has 1 N–H and O–H groups in total. The summed E-state index contributed by atoms with van der Waals surface area (Å²) in [5, 5.41) is 0.876. The highest BCUT2D eigenvalue weighted by atomic mass is 32.1. The highest BCUT2D eigenvalue weighted by Gasteiger charge is 2.13. The standard InChI is InChI=1S/C13H14N2O2S/c1-9-12(18-10(2)14-9)13(16)15-17-8-11-6-4-3-5-7-11/h3-7H,8H2,1-2H3,(H,15,16). The van der Waals surface area contributed by atoms with Crippen LogP contribution < -0.4 is 5.48 Å². The van der Waals surface area contributed by atoms with E-state index < -0.39 is 0 Å². The fraction of sp³-hybridized carbons (Fsp3) is 0.231. The Morgan fingerprint density at radius 3 is 2.67 bits per heavy atom. The molecule has 0 bridgehead atoms. The molecule has 0 aliphatic carbocycles. The van der Waals surface area contributed by atoms with Crippen molar-refractivity contribution in [1.29, 1.82) is 0 Å².